The number of carboxylic acid groups (broad SMARTS) is 1. The topological polar surface area (TPSA) is 83.0 Å². The summed E-state index contributed by atoms with van der Waals surface area (Å²) in [5, 5.41) is 9.34. The van der Waals surface area contributed by atoms with Gasteiger partial charge in [-0.05, 0) is 36.6 Å². The Labute approximate surface area is 167 Å². The molecule has 1 N–H and O–H groups in total. The van der Waals surface area contributed by atoms with Crippen LogP contribution in [-0.4, -0.2) is 60.7 Å². The van der Waals surface area contributed by atoms with E-state index < -0.39 is 11.6 Å². The zero-order valence-corrected chi connectivity index (χ0v) is 16.8. The maximum absolute atomic E-state index is 12.2. The summed E-state index contributed by atoms with van der Waals surface area (Å²) >= 11 is 1.37. The predicted octanol–water partition coefficient (Wildman–Crippen LogP) is 2.61. The second-order valence-electron chi connectivity index (χ2n) is 7.41. The Morgan fingerprint density at radius 1 is 1.29 bits per heavy atom. The molecule has 7 nitrogen and oxygen atoms in total. The molecular weight excluding hydrogens is 378 g/mol. The van der Waals surface area contributed by atoms with E-state index in [-0.39, 0.29) is 5.91 Å². The molecule has 4 rings (SSSR count). The first-order valence-electron chi connectivity index (χ1n) is 9.34. The van der Waals surface area contributed by atoms with Gasteiger partial charge in [0.05, 0.1) is 12.2 Å². The van der Waals surface area contributed by atoms with E-state index in [2.05, 4.69) is 9.88 Å². The smallest absolute Gasteiger partial charge is 0.345 e. The number of rotatable bonds is 3. The Morgan fingerprint density at radius 3 is 2.71 bits per heavy atom. The molecule has 0 unspecified atom stereocenters. The highest BCUT2D eigenvalue weighted by Gasteiger charge is 2.42. The van der Waals surface area contributed by atoms with Crippen LogP contribution >= 0.6 is 11.3 Å². The number of anilines is 1. The summed E-state index contributed by atoms with van der Waals surface area (Å²) in [6.45, 7) is 2.10. The SMILES string of the molecule is CN(C)C(=O)c1cccc(N2CCC3(CC2)OCCc2sc(C(=O)O)cc23)n1. The molecule has 8 heteroatoms. The molecule has 148 valence electrons. The molecular formula is C20H23N3O4S. The van der Waals surface area contributed by atoms with Gasteiger partial charge in [-0.15, -0.1) is 11.3 Å². The number of thiophene rings is 1. The van der Waals surface area contributed by atoms with Gasteiger partial charge in [0.15, 0.2) is 0 Å². The van der Waals surface area contributed by atoms with Crippen LogP contribution in [0, 0.1) is 0 Å². The molecule has 4 heterocycles. The summed E-state index contributed by atoms with van der Waals surface area (Å²) < 4.78 is 6.21. The normalized spacial score (nSPS) is 18.0. The number of fused-ring (bicyclic) bond motifs is 2. The Balaban J connectivity index is 1.54. The van der Waals surface area contributed by atoms with Crippen LogP contribution in [0.25, 0.3) is 0 Å². The van der Waals surface area contributed by atoms with E-state index in [1.165, 1.54) is 16.2 Å². The van der Waals surface area contributed by atoms with Gasteiger partial charge in [-0.25, -0.2) is 9.78 Å². The second kappa shape index (κ2) is 7.18. The van der Waals surface area contributed by atoms with Gasteiger partial charge in [0, 0.05) is 38.5 Å². The number of hydrogen-bond acceptors (Lipinski definition) is 6. The number of carbonyl (C=O) groups excluding carboxylic acids is 1. The Bertz CT molecular complexity index is 916. The Kier molecular flexibility index (Phi) is 4.84. The molecule has 0 aliphatic carbocycles. The number of hydrogen-bond donors (Lipinski definition) is 1. The van der Waals surface area contributed by atoms with Gasteiger partial charge < -0.3 is 19.6 Å². The average Bonchev–Trinajstić information content (AvgIpc) is 3.14. The number of amides is 1. The third-order valence-electron chi connectivity index (χ3n) is 5.47. The fraction of sp³-hybridized carbons (Fsp3) is 0.450. The van der Waals surface area contributed by atoms with Crippen LogP contribution in [0.1, 0.15) is 43.4 Å². The number of carbonyl (C=O) groups is 2. The third-order valence-corrected chi connectivity index (χ3v) is 6.66. The fourth-order valence-corrected chi connectivity index (χ4v) is 5.05. The number of aromatic nitrogens is 1. The molecule has 0 saturated carbocycles. The second-order valence-corrected chi connectivity index (χ2v) is 8.55. The van der Waals surface area contributed by atoms with E-state index in [0.29, 0.717) is 17.2 Å². The third kappa shape index (κ3) is 3.27. The van der Waals surface area contributed by atoms with Gasteiger partial charge in [0.25, 0.3) is 5.91 Å². The number of ether oxygens (including phenoxy) is 1. The van der Waals surface area contributed by atoms with E-state index in [1.54, 1.807) is 26.2 Å². The molecule has 2 aromatic heterocycles. The van der Waals surface area contributed by atoms with E-state index in [1.807, 2.05) is 12.1 Å². The molecule has 2 aliphatic rings. The summed E-state index contributed by atoms with van der Waals surface area (Å²) in [5.41, 5.74) is 1.07. The molecule has 1 spiro atoms. The van der Waals surface area contributed by atoms with Gasteiger partial charge in [0.1, 0.15) is 16.4 Å². The van der Waals surface area contributed by atoms with Gasteiger partial charge in [-0.1, -0.05) is 6.07 Å². The van der Waals surface area contributed by atoms with Gasteiger partial charge in [-0.2, -0.15) is 0 Å². The van der Waals surface area contributed by atoms with Gasteiger partial charge >= 0.3 is 5.97 Å². The van der Waals surface area contributed by atoms with Crippen molar-refractivity contribution in [2.45, 2.75) is 24.9 Å². The van der Waals surface area contributed by atoms with Gasteiger partial charge in [-0.3, -0.25) is 4.79 Å². The lowest BCUT2D eigenvalue weighted by atomic mass is 9.82. The summed E-state index contributed by atoms with van der Waals surface area (Å²) in [4.78, 5) is 33.3. The molecule has 0 radical (unpaired) electrons. The summed E-state index contributed by atoms with van der Waals surface area (Å²) in [6, 6.07) is 7.31. The summed E-state index contributed by atoms with van der Waals surface area (Å²) in [7, 11) is 3.43. The van der Waals surface area contributed by atoms with Crippen LogP contribution in [0.3, 0.4) is 0 Å². The highest BCUT2D eigenvalue weighted by atomic mass is 32.1. The fourth-order valence-electron chi connectivity index (χ4n) is 3.98. The van der Waals surface area contributed by atoms with E-state index in [0.717, 1.165) is 48.6 Å². The van der Waals surface area contributed by atoms with Crippen molar-refractivity contribution in [2.24, 2.45) is 0 Å². The minimum absolute atomic E-state index is 0.116. The van der Waals surface area contributed by atoms with Gasteiger partial charge in [0.2, 0.25) is 0 Å². The van der Waals surface area contributed by atoms with Crippen LogP contribution in [0.4, 0.5) is 5.82 Å². The van der Waals surface area contributed by atoms with E-state index >= 15 is 0 Å². The lowest BCUT2D eigenvalue weighted by molar-refractivity contribution is -0.0757. The lowest BCUT2D eigenvalue weighted by Gasteiger charge is -2.44. The van der Waals surface area contributed by atoms with Crippen molar-refractivity contribution in [3.63, 3.8) is 0 Å². The van der Waals surface area contributed by atoms with Crippen molar-refractivity contribution >= 4 is 29.0 Å². The first-order valence-corrected chi connectivity index (χ1v) is 10.2. The highest BCUT2D eigenvalue weighted by molar-refractivity contribution is 7.14. The first kappa shape index (κ1) is 18.9. The van der Waals surface area contributed by atoms with Crippen molar-refractivity contribution in [1.82, 2.24) is 9.88 Å². The van der Waals surface area contributed by atoms with Crippen LogP contribution in [0.15, 0.2) is 24.3 Å². The lowest BCUT2D eigenvalue weighted by Crippen LogP contribution is -2.46. The molecule has 0 aromatic carbocycles. The molecule has 0 atom stereocenters. The molecule has 2 aromatic rings. The molecule has 2 aliphatic heterocycles. The van der Waals surface area contributed by atoms with Crippen molar-refractivity contribution in [1.29, 1.82) is 0 Å². The molecule has 28 heavy (non-hydrogen) atoms. The number of nitrogens with zero attached hydrogens (tertiary/aromatic N) is 3. The van der Waals surface area contributed by atoms with E-state index in [9.17, 15) is 14.7 Å². The van der Waals surface area contributed by atoms with E-state index in [4.69, 9.17) is 4.74 Å². The first-order chi connectivity index (χ1) is 13.4. The number of carboxylic acids is 1. The maximum Gasteiger partial charge on any atom is 0.345 e. The van der Waals surface area contributed by atoms with Crippen molar-refractivity contribution in [3.8, 4) is 0 Å². The predicted molar refractivity (Wildman–Crippen MR) is 106 cm³/mol. The largest absolute Gasteiger partial charge is 0.477 e. The van der Waals surface area contributed by atoms with Crippen LogP contribution in [0.2, 0.25) is 0 Å². The quantitative estimate of drug-likeness (QED) is 0.851. The Morgan fingerprint density at radius 2 is 2.04 bits per heavy atom. The molecule has 0 bridgehead atoms. The van der Waals surface area contributed by atoms with Crippen molar-refractivity contribution in [2.75, 3.05) is 38.7 Å². The highest BCUT2D eigenvalue weighted by Crippen LogP contribution is 2.45. The number of aromatic carboxylic acids is 1. The summed E-state index contributed by atoms with van der Waals surface area (Å²) in [6.07, 6.45) is 2.31. The monoisotopic (exact) mass is 401 g/mol. The summed E-state index contributed by atoms with van der Waals surface area (Å²) in [5.74, 6) is -0.205. The Hall–Kier alpha value is -2.45. The van der Waals surface area contributed by atoms with Crippen molar-refractivity contribution < 1.29 is 19.4 Å². The maximum atomic E-state index is 12.2. The van der Waals surface area contributed by atoms with Crippen LogP contribution in [0.5, 0.6) is 0 Å². The minimum atomic E-state index is -0.876. The molecule has 1 saturated heterocycles. The zero-order chi connectivity index (χ0) is 19.9. The minimum Gasteiger partial charge on any atom is -0.477 e. The number of piperidine rings is 1. The van der Waals surface area contributed by atoms with Crippen molar-refractivity contribution in [3.05, 3.63) is 45.3 Å². The standard InChI is InChI=1S/C20H23N3O4S/c1-22(2)18(24)14-4-3-5-17(21-14)23-9-7-20(8-10-23)13-12-16(19(25)26)28-15(13)6-11-27-20/h3-5,12H,6-11H2,1-2H3,(H,25,26). The average molecular weight is 401 g/mol. The number of pyridine rings is 1. The van der Waals surface area contributed by atoms with Crippen LogP contribution < -0.4 is 4.90 Å². The molecule has 1 fully saturated rings. The zero-order valence-electron chi connectivity index (χ0n) is 16.0. The van der Waals surface area contributed by atoms with Crippen LogP contribution in [-0.2, 0) is 16.8 Å². The molecule has 1 amide bonds.